The highest BCUT2D eigenvalue weighted by Crippen LogP contribution is 2.26. The minimum absolute atomic E-state index is 0.0771. The lowest BCUT2D eigenvalue weighted by molar-refractivity contribution is -0.241. The maximum Gasteiger partial charge on any atom is 0.243 e. The van der Waals surface area contributed by atoms with Gasteiger partial charge in [0.05, 0.1) is 24.4 Å². The average Bonchev–Trinajstić information content (AvgIpc) is 2.82. The first-order valence-corrected chi connectivity index (χ1v) is 13.5. The molecule has 2 aliphatic heterocycles. The SMILES string of the molecule is CN[C@H]1[C@H](C)O[C@H](O[C@@H]2C/C=C(\C)C/C(C)=C\C=C\CC[C@@H](C)CNC(=O)/C=C/C=C/[C@H]2C)C[C@@H]1O. The number of nitrogens with one attached hydrogen (secondary N) is 2. The molecule has 6 heteroatoms. The normalized spacial score (nSPS) is 39.5. The molecule has 2 aliphatic rings. The van der Waals surface area contributed by atoms with Crippen LogP contribution in [0.3, 0.4) is 0 Å². The summed E-state index contributed by atoms with van der Waals surface area (Å²) in [5.74, 6) is 0.435. The van der Waals surface area contributed by atoms with E-state index in [4.69, 9.17) is 9.47 Å². The van der Waals surface area contributed by atoms with Crippen LogP contribution in [0.5, 0.6) is 0 Å². The Morgan fingerprint density at radius 2 is 1.92 bits per heavy atom. The van der Waals surface area contributed by atoms with Crippen LogP contribution in [0.2, 0.25) is 0 Å². The molecular weight excluding hydrogens is 452 g/mol. The molecule has 0 unspecified atom stereocenters. The molecule has 0 aliphatic carbocycles. The third-order valence-electron chi connectivity index (χ3n) is 6.96. The van der Waals surface area contributed by atoms with E-state index >= 15 is 0 Å². The number of carbonyl (C=O) groups excluding carboxylic acids is 1. The fraction of sp³-hybridized carbons (Fsp3) is 0.633. The number of rotatable bonds is 3. The summed E-state index contributed by atoms with van der Waals surface area (Å²) in [6.07, 6.45) is 19.0. The highest BCUT2D eigenvalue weighted by molar-refractivity contribution is 5.87. The van der Waals surface area contributed by atoms with Crippen molar-refractivity contribution in [3.8, 4) is 0 Å². The molecule has 0 spiro atoms. The molecule has 1 fully saturated rings. The number of allylic oxidation sites excluding steroid dienone is 7. The summed E-state index contributed by atoms with van der Waals surface area (Å²) in [6.45, 7) is 11.2. The van der Waals surface area contributed by atoms with Gasteiger partial charge in [-0.2, -0.15) is 0 Å². The van der Waals surface area contributed by atoms with E-state index < -0.39 is 12.4 Å². The van der Waals surface area contributed by atoms with Crippen molar-refractivity contribution in [2.75, 3.05) is 13.6 Å². The van der Waals surface area contributed by atoms with E-state index in [1.807, 2.05) is 20.0 Å². The summed E-state index contributed by atoms with van der Waals surface area (Å²) in [4.78, 5) is 12.2. The average molecular weight is 501 g/mol. The number of ether oxygens (including phenoxy) is 2. The van der Waals surface area contributed by atoms with Gasteiger partial charge < -0.3 is 25.2 Å². The third kappa shape index (κ3) is 11.0. The van der Waals surface area contributed by atoms with Crippen LogP contribution < -0.4 is 10.6 Å². The first-order valence-electron chi connectivity index (χ1n) is 13.5. The molecule has 202 valence electrons. The zero-order chi connectivity index (χ0) is 26.5. The number of carbonyl (C=O) groups is 1. The van der Waals surface area contributed by atoms with Crippen LogP contribution in [-0.4, -0.2) is 55.2 Å². The summed E-state index contributed by atoms with van der Waals surface area (Å²) in [6, 6.07) is -0.105. The van der Waals surface area contributed by atoms with Crippen LogP contribution >= 0.6 is 0 Å². The monoisotopic (exact) mass is 500 g/mol. The lowest BCUT2D eigenvalue weighted by Gasteiger charge is -2.39. The van der Waals surface area contributed by atoms with Gasteiger partial charge in [-0.25, -0.2) is 0 Å². The molecule has 0 aromatic carbocycles. The van der Waals surface area contributed by atoms with E-state index in [1.54, 1.807) is 12.2 Å². The van der Waals surface area contributed by atoms with Crippen LogP contribution in [0.15, 0.2) is 59.8 Å². The largest absolute Gasteiger partial charge is 0.391 e. The molecule has 6 nitrogen and oxygen atoms in total. The van der Waals surface area contributed by atoms with Gasteiger partial charge in [-0.05, 0) is 59.4 Å². The summed E-state index contributed by atoms with van der Waals surface area (Å²) in [5, 5.41) is 16.7. The van der Waals surface area contributed by atoms with Crippen molar-refractivity contribution in [2.24, 2.45) is 11.8 Å². The molecule has 2 heterocycles. The van der Waals surface area contributed by atoms with Gasteiger partial charge in [-0.15, -0.1) is 0 Å². The number of aliphatic hydroxyl groups excluding tert-OH is 1. The molecule has 0 aromatic heterocycles. The maximum absolute atomic E-state index is 12.2. The van der Waals surface area contributed by atoms with Crippen LogP contribution in [0.25, 0.3) is 0 Å². The first-order chi connectivity index (χ1) is 17.2. The first kappa shape index (κ1) is 30.2. The van der Waals surface area contributed by atoms with Crippen LogP contribution in [-0.2, 0) is 14.3 Å². The van der Waals surface area contributed by atoms with Gasteiger partial charge in [-0.1, -0.05) is 67.5 Å². The molecule has 0 saturated carbocycles. The topological polar surface area (TPSA) is 79.8 Å². The standard InChI is InChI=1S/C30H48N2O4/c1-21-12-8-7-9-13-23(3)20-32-28(34)15-11-10-14-24(4)27(17-16-22(2)18-21)36-29-19-26(33)30(31-6)25(5)35-29/h7-8,10-12,14-16,23-27,29-31,33H,9,13,17-20H2,1-6H3,(H,32,34)/b8-7+,14-10+,15-11+,21-12-,22-16+/t23-,24-,25+,26+,27-,29-,30+/m1/s1. The zero-order valence-electron chi connectivity index (χ0n) is 23.1. The summed E-state index contributed by atoms with van der Waals surface area (Å²) in [5.41, 5.74) is 2.62. The molecule has 0 bridgehead atoms. The number of hydrogen-bond donors (Lipinski definition) is 3. The Morgan fingerprint density at radius 3 is 2.64 bits per heavy atom. The van der Waals surface area contributed by atoms with Crippen LogP contribution in [0, 0.1) is 11.8 Å². The van der Waals surface area contributed by atoms with Crippen molar-refractivity contribution >= 4 is 5.91 Å². The maximum atomic E-state index is 12.2. The summed E-state index contributed by atoms with van der Waals surface area (Å²) >= 11 is 0. The highest BCUT2D eigenvalue weighted by Gasteiger charge is 2.36. The molecular formula is C30H48N2O4. The van der Waals surface area contributed by atoms with E-state index in [2.05, 4.69) is 68.7 Å². The zero-order valence-corrected chi connectivity index (χ0v) is 23.1. The molecule has 3 N–H and O–H groups in total. The Kier molecular flexibility index (Phi) is 13.4. The van der Waals surface area contributed by atoms with Crippen molar-refractivity contribution in [3.05, 3.63) is 59.8 Å². The Morgan fingerprint density at radius 1 is 1.14 bits per heavy atom. The fourth-order valence-corrected chi connectivity index (χ4v) is 4.68. The summed E-state index contributed by atoms with van der Waals surface area (Å²) in [7, 11) is 1.84. The second kappa shape index (κ2) is 16.0. The number of hydrogen-bond acceptors (Lipinski definition) is 5. The minimum Gasteiger partial charge on any atom is -0.391 e. The molecule has 1 amide bonds. The minimum atomic E-state index is -0.524. The van der Waals surface area contributed by atoms with E-state index in [-0.39, 0.29) is 30.1 Å². The van der Waals surface area contributed by atoms with Gasteiger partial charge in [0.2, 0.25) is 5.91 Å². The van der Waals surface area contributed by atoms with Gasteiger partial charge in [0.1, 0.15) is 0 Å². The lowest BCUT2D eigenvalue weighted by atomic mass is 9.97. The Balaban J connectivity index is 2.18. The number of amides is 1. The van der Waals surface area contributed by atoms with Crippen LogP contribution in [0.4, 0.5) is 0 Å². The van der Waals surface area contributed by atoms with Gasteiger partial charge in [0, 0.05) is 25.0 Å². The van der Waals surface area contributed by atoms with E-state index in [0.717, 1.165) is 25.7 Å². The number of likely N-dealkylation sites (N-methyl/N-ethyl adjacent to an activating group) is 1. The summed E-state index contributed by atoms with van der Waals surface area (Å²) < 4.78 is 12.5. The smallest absolute Gasteiger partial charge is 0.243 e. The highest BCUT2D eigenvalue weighted by atomic mass is 16.7. The predicted octanol–water partition coefficient (Wildman–Crippen LogP) is 4.98. The fourth-order valence-electron chi connectivity index (χ4n) is 4.68. The second-order valence-electron chi connectivity index (χ2n) is 10.5. The third-order valence-corrected chi connectivity index (χ3v) is 6.96. The van der Waals surface area contributed by atoms with Crippen molar-refractivity contribution in [1.29, 1.82) is 0 Å². The van der Waals surface area contributed by atoms with Crippen molar-refractivity contribution < 1.29 is 19.4 Å². The van der Waals surface area contributed by atoms with Crippen molar-refractivity contribution in [2.45, 2.75) is 97.4 Å². The Bertz CT molecular complexity index is 817. The van der Waals surface area contributed by atoms with Gasteiger partial charge in [0.25, 0.3) is 0 Å². The molecule has 0 aromatic rings. The van der Waals surface area contributed by atoms with E-state index in [1.165, 1.54) is 11.1 Å². The van der Waals surface area contributed by atoms with Crippen LogP contribution in [0.1, 0.15) is 66.7 Å². The van der Waals surface area contributed by atoms with Gasteiger partial charge >= 0.3 is 0 Å². The van der Waals surface area contributed by atoms with Crippen molar-refractivity contribution in [3.63, 3.8) is 0 Å². The predicted molar refractivity (Wildman–Crippen MR) is 147 cm³/mol. The Labute approximate surface area is 218 Å². The second-order valence-corrected chi connectivity index (χ2v) is 10.5. The number of aliphatic hydroxyl groups is 1. The molecule has 2 rings (SSSR count). The lowest BCUT2D eigenvalue weighted by Crippen LogP contribution is -2.54. The van der Waals surface area contributed by atoms with Crippen molar-refractivity contribution in [1.82, 2.24) is 10.6 Å². The van der Waals surface area contributed by atoms with Gasteiger partial charge in [0.15, 0.2) is 6.29 Å². The van der Waals surface area contributed by atoms with E-state index in [0.29, 0.717) is 18.9 Å². The van der Waals surface area contributed by atoms with E-state index in [9.17, 15) is 9.90 Å². The van der Waals surface area contributed by atoms with Gasteiger partial charge in [-0.3, -0.25) is 4.79 Å². The Hall–Kier alpha value is -1.99. The molecule has 0 radical (unpaired) electrons. The molecule has 36 heavy (non-hydrogen) atoms. The molecule has 1 saturated heterocycles. The quantitative estimate of drug-likeness (QED) is 0.477. The molecule has 7 atom stereocenters.